The van der Waals surface area contributed by atoms with Gasteiger partial charge < -0.3 is 0 Å². The number of carbonyl (C=O) groups excluding carboxylic acids is 1. The van der Waals surface area contributed by atoms with Gasteiger partial charge in [0.2, 0.25) is 0 Å². The van der Waals surface area contributed by atoms with Crippen molar-refractivity contribution >= 4 is 32.1 Å². The number of Topliss-reactive ketones (excluding diaryl/α,β-unsaturated/α-hetero) is 1. The molecule has 0 saturated heterocycles. The van der Waals surface area contributed by atoms with Crippen molar-refractivity contribution in [3.05, 3.63) is 65.7 Å². The predicted octanol–water partition coefficient (Wildman–Crippen LogP) is 1.95. The van der Waals surface area contributed by atoms with Gasteiger partial charge in [-0.05, 0) is 24.6 Å². The van der Waals surface area contributed by atoms with E-state index < -0.39 is 31.2 Å². The third-order valence-electron chi connectivity index (χ3n) is 3.39. The van der Waals surface area contributed by atoms with Gasteiger partial charge in [0.1, 0.15) is 5.25 Å². The van der Waals surface area contributed by atoms with Gasteiger partial charge in [-0.25, -0.2) is 0 Å². The molecule has 25 heavy (non-hydrogen) atoms. The lowest BCUT2D eigenvalue weighted by Crippen LogP contribution is -2.26. The highest BCUT2D eigenvalue weighted by Crippen LogP contribution is 2.13. The molecular weight excluding hydrogens is 366 g/mol. The summed E-state index contributed by atoms with van der Waals surface area (Å²) in [4.78, 5) is 12.0. The summed E-state index contributed by atoms with van der Waals surface area (Å²) in [6.45, 7) is 1.08. The maximum Gasteiger partial charge on any atom is 0.282 e. The molecule has 2 rings (SSSR count). The summed E-state index contributed by atoms with van der Waals surface area (Å²) in [6.07, 6.45) is 1.13. The van der Waals surface area contributed by atoms with Crippen molar-refractivity contribution in [2.75, 3.05) is 0 Å². The van der Waals surface area contributed by atoms with Crippen LogP contribution in [0.1, 0.15) is 22.8 Å². The van der Waals surface area contributed by atoms with Crippen LogP contribution in [-0.2, 0) is 20.1 Å². The second kappa shape index (κ2) is 7.26. The molecule has 2 aromatic rings. The average Bonchev–Trinajstić information content (AvgIpc) is 2.59. The minimum Gasteiger partial charge on any atom is -0.293 e. The van der Waals surface area contributed by atoms with Gasteiger partial charge in [-0.15, -0.1) is 0 Å². The van der Waals surface area contributed by atoms with Crippen LogP contribution < -0.4 is 0 Å². The number of sulfonamides is 1. The molecule has 1 unspecified atom stereocenters. The van der Waals surface area contributed by atoms with Crippen molar-refractivity contribution in [3.8, 4) is 0 Å². The first kappa shape index (κ1) is 19.0. The van der Waals surface area contributed by atoms with Crippen molar-refractivity contribution in [1.29, 1.82) is 0 Å². The fraction of sp³-hybridized carbons (Fsp3) is 0.125. The fourth-order valence-electron chi connectivity index (χ4n) is 1.89. The second-order valence-electron chi connectivity index (χ2n) is 5.17. The molecule has 1 atom stereocenters. The number of hydrogen-bond donors (Lipinski definition) is 1. The molecule has 0 aliphatic heterocycles. The zero-order valence-electron chi connectivity index (χ0n) is 13.1. The SMILES string of the molecule is CC(C(=O)c1ccc(/C=N/S(=O)(=O)c2ccccc2)cc1)S(=O)(=O)O. The van der Waals surface area contributed by atoms with Gasteiger partial charge in [0.15, 0.2) is 5.78 Å². The summed E-state index contributed by atoms with van der Waals surface area (Å²) in [5.41, 5.74) is 0.490. The van der Waals surface area contributed by atoms with Gasteiger partial charge in [-0.1, -0.05) is 42.5 Å². The number of carbonyl (C=O) groups is 1. The van der Waals surface area contributed by atoms with E-state index in [1.165, 1.54) is 36.4 Å². The van der Waals surface area contributed by atoms with Crippen LogP contribution in [0, 0.1) is 0 Å². The Balaban J connectivity index is 2.20. The van der Waals surface area contributed by atoms with Crippen LogP contribution in [0.5, 0.6) is 0 Å². The number of rotatable bonds is 6. The summed E-state index contributed by atoms with van der Waals surface area (Å²) in [6, 6.07) is 13.2. The molecule has 0 amide bonds. The Morgan fingerprint density at radius 1 is 1.00 bits per heavy atom. The van der Waals surface area contributed by atoms with Crippen molar-refractivity contribution in [1.82, 2.24) is 0 Å². The Bertz CT molecular complexity index is 994. The van der Waals surface area contributed by atoms with Crippen molar-refractivity contribution in [2.24, 2.45) is 4.40 Å². The van der Waals surface area contributed by atoms with E-state index in [2.05, 4.69) is 4.40 Å². The molecule has 0 fully saturated rings. The summed E-state index contributed by atoms with van der Waals surface area (Å²) < 4.78 is 58.6. The number of benzene rings is 2. The Hall–Kier alpha value is -2.36. The second-order valence-corrected chi connectivity index (χ2v) is 8.54. The van der Waals surface area contributed by atoms with Crippen molar-refractivity contribution in [2.45, 2.75) is 17.1 Å². The van der Waals surface area contributed by atoms with E-state index in [0.29, 0.717) is 5.56 Å². The van der Waals surface area contributed by atoms with Gasteiger partial charge in [0, 0.05) is 11.8 Å². The Kier molecular flexibility index (Phi) is 5.51. The molecule has 1 N–H and O–H groups in total. The third kappa shape index (κ3) is 4.81. The van der Waals surface area contributed by atoms with E-state index in [1.54, 1.807) is 18.2 Å². The molecule has 2 aromatic carbocycles. The minimum atomic E-state index is -4.48. The largest absolute Gasteiger partial charge is 0.293 e. The highest BCUT2D eigenvalue weighted by molar-refractivity contribution is 7.90. The molecule has 0 aromatic heterocycles. The molecule has 0 aliphatic carbocycles. The zero-order chi connectivity index (χ0) is 18.7. The molecule has 0 aliphatic rings. The van der Waals surface area contributed by atoms with E-state index in [1.807, 2.05) is 0 Å². The Morgan fingerprint density at radius 3 is 2.08 bits per heavy atom. The first-order valence-corrected chi connectivity index (χ1v) is 10.0. The Labute approximate surface area is 145 Å². The smallest absolute Gasteiger partial charge is 0.282 e. The molecular formula is C16H15NO6S2. The molecule has 0 radical (unpaired) electrons. The lowest BCUT2D eigenvalue weighted by atomic mass is 10.1. The zero-order valence-corrected chi connectivity index (χ0v) is 14.7. The van der Waals surface area contributed by atoms with Crippen LogP contribution in [0.2, 0.25) is 0 Å². The van der Waals surface area contributed by atoms with Gasteiger partial charge >= 0.3 is 0 Å². The topological polar surface area (TPSA) is 118 Å². The molecule has 7 nitrogen and oxygen atoms in total. The van der Waals surface area contributed by atoms with Crippen molar-refractivity contribution < 1.29 is 26.2 Å². The highest BCUT2D eigenvalue weighted by Gasteiger charge is 2.26. The minimum absolute atomic E-state index is 0.0556. The summed E-state index contributed by atoms with van der Waals surface area (Å²) >= 11 is 0. The molecule has 132 valence electrons. The molecule has 0 bridgehead atoms. The van der Waals surface area contributed by atoms with Crippen LogP contribution in [0.15, 0.2) is 63.9 Å². The normalized spacial score (nSPS) is 13.7. The van der Waals surface area contributed by atoms with E-state index in [0.717, 1.165) is 13.1 Å². The fourth-order valence-corrected chi connectivity index (χ4v) is 3.18. The summed E-state index contributed by atoms with van der Waals surface area (Å²) in [7, 11) is -8.30. The molecule has 9 heteroatoms. The average molecular weight is 381 g/mol. The van der Waals surface area contributed by atoms with Gasteiger partial charge in [-0.2, -0.15) is 21.2 Å². The predicted molar refractivity (Wildman–Crippen MR) is 93.0 cm³/mol. The number of ketones is 1. The number of hydrogen-bond acceptors (Lipinski definition) is 5. The lowest BCUT2D eigenvalue weighted by Gasteiger charge is -2.07. The lowest BCUT2D eigenvalue weighted by molar-refractivity contribution is 0.0989. The maximum absolute atomic E-state index is 12.0. The molecule has 0 heterocycles. The van der Waals surface area contributed by atoms with Gasteiger partial charge in [-0.3, -0.25) is 9.35 Å². The molecule has 0 saturated carbocycles. The van der Waals surface area contributed by atoms with Crippen LogP contribution in [-0.4, -0.2) is 38.6 Å². The van der Waals surface area contributed by atoms with E-state index in [4.69, 9.17) is 4.55 Å². The maximum atomic E-state index is 12.0. The van der Waals surface area contributed by atoms with Crippen LogP contribution in [0.3, 0.4) is 0 Å². The van der Waals surface area contributed by atoms with E-state index >= 15 is 0 Å². The van der Waals surface area contributed by atoms with Crippen molar-refractivity contribution in [3.63, 3.8) is 0 Å². The van der Waals surface area contributed by atoms with Gasteiger partial charge in [0.05, 0.1) is 4.90 Å². The number of nitrogens with zero attached hydrogens (tertiary/aromatic N) is 1. The van der Waals surface area contributed by atoms with Crippen LogP contribution in [0.25, 0.3) is 0 Å². The van der Waals surface area contributed by atoms with Crippen LogP contribution in [0.4, 0.5) is 0 Å². The summed E-state index contributed by atoms with van der Waals surface area (Å²) in [5.74, 6) is -0.761. The van der Waals surface area contributed by atoms with Gasteiger partial charge in [0.25, 0.3) is 20.1 Å². The summed E-state index contributed by atoms with van der Waals surface area (Å²) in [5, 5.41) is -1.58. The Morgan fingerprint density at radius 2 is 1.56 bits per heavy atom. The first-order chi connectivity index (χ1) is 11.6. The van der Waals surface area contributed by atoms with E-state index in [-0.39, 0.29) is 10.5 Å². The van der Waals surface area contributed by atoms with Crippen LogP contribution >= 0.6 is 0 Å². The quantitative estimate of drug-likeness (QED) is 0.464. The molecule has 0 spiro atoms. The monoisotopic (exact) mass is 381 g/mol. The third-order valence-corrected chi connectivity index (χ3v) is 5.75. The first-order valence-electron chi connectivity index (χ1n) is 7.07. The standard InChI is InChI=1S/C16H15NO6S2/c1-12(25(21,22)23)16(18)14-9-7-13(8-10-14)11-17-24(19,20)15-5-3-2-4-6-15/h2-12H,1H3,(H,21,22,23)/b17-11+. The van der Waals surface area contributed by atoms with E-state index in [9.17, 15) is 21.6 Å². The highest BCUT2D eigenvalue weighted by atomic mass is 32.2.